The van der Waals surface area contributed by atoms with Crippen LogP contribution in [0, 0.1) is 12.8 Å². The summed E-state index contributed by atoms with van der Waals surface area (Å²) in [5.74, 6) is 1.96. The van der Waals surface area contributed by atoms with Crippen molar-refractivity contribution in [2.45, 2.75) is 33.3 Å². The Morgan fingerprint density at radius 1 is 1.26 bits per heavy atom. The van der Waals surface area contributed by atoms with Crippen LogP contribution in [0.4, 0.5) is 0 Å². The van der Waals surface area contributed by atoms with Gasteiger partial charge >= 0.3 is 0 Å². The summed E-state index contributed by atoms with van der Waals surface area (Å²) in [6.45, 7) is 6.07. The van der Waals surface area contributed by atoms with E-state index in [0.717, 1.165) is 29.1 Å². The van der Waals surface area contributed by atoms with Gasteiger partial charge in [0.25, 0.3) is 0 Å². The van der Waals surface area contributed by atoms with Crippen molar-refractivity contribution in [1.82, 2.24) is 0 Å². The zero-order chi connectivity index (χ0) is 14.0. The van der Waals surface area contributed by atoms with E-state index >= 15 is 0 Å². The molecule has 0 spiro atoms. The van der Waals surface area contributed by atoms with E-state index in [2.05, 4.69) is 13.8 Å². The quantitative estimate of drug-likeness (QED) is 0.855. The molecule has 2 rings (SSSR count). The highest BCUT2D eigenvalue weighted by molar-refractivity contribution is 6.30. The van der Waals surface area contributed by atoms with Crippen molar-refractivity contribution in [3.05, 3.63) is 46.7 Å². The number of halogens is 1. The van der Waals surface area contributed by atoms with E-state index in [9.17, 15) is 5.11 Å². The summed E-state index contributed by atoms with van der Waals surface area (Å²) in [6.07, 6.45) is 0.256. The maximum absolute atomic E-state index is 10.2. The molecule has 0 radical (unpaired) electrons. The first-order valence-corrected chi connectivity index (χ1v) is 6.89. The van der Waals surface area contributed by atoms with Gasteiger partial charge < -0.3 is 9.52 Å². The monoisotopic (exact) mass is 278 g/mol. The van der Waals surface area contributed by atoms with Crippen molar-refractivity contribution >= 4 is 11.6 Å². The van der Waals surface area contributed by atoms with Crippen molar-refractivity contribution in [1.29, 1.82) is 0 Å². The van der Waals surface area contributed by atoms with E-state index in [1.165, 1.54) is 0 Å². The molecule has 1 N–H and O–H groups in total. The normalized spacial score (nSPS) is 12.9. The molecule has 2 nitrogen and oxygen atoms in total. The molecule has 2 aromatic rings. The maximum Gasteiger partial charge on any atom is 0.134 e. The molecule has 1 unspecified atom stereocenters. The third kappa shape index (κ3) is 3.40. The molecule has 1 aromatic carbocycles. The molecule has 102 valence electrons. The van der Waals surface area contributed by atoms with Crippen LogP contribution in [0.1, 0.15) is 37.7 Å². The molecule has 19 heavy (non-hydrogen) atoms. The summed E-state index contributed by atoms with van der Waals surface area (Å²) >= 11 is 5.98. The average Bonchev–Trinajstić information content (AvgIpc) is 2.70. The van der Waals surface area contributed by atoms with E-state index in [1.807, 2.05) is 37.3 Å². The van der Waals surface area contributed by atoms with Crippen LogP contribution in [0.2, 0.25) is 5.02 Å². The Morgan fingerprint density at radius 3 is 2.63 bits per heavy atom. The summed E-state index contributed by atoms with van der Waals surface area (Å²) in [5.41, 5.74) is 1.79. The van der Waals surface area contributed by atoms with Crippen molar-refractivity contribution in [3.8, 4) is 11.3 Å². The van der Waals surface area contributed by atoms with Gasteiger partial charge in [-0.1, -0.05) is 37.6 Å². The summed E-state index contributed by atoms with van der Waals surface area (Å²) in [7, 11) is 0. The third-order valence-electron chi connectivity index (χ3n) is 3.12. The molecular formula is C16H19ClO2. The van der Waals surface area contributed by atoms with Crippen molar-refractivity contribution in [2.24, 2.45) is 5.92 Å². The molecule has 3 heteroatoms. The fraction of sp³-hybridized carbons (Fsp3) is 0.375. The standard InChI is InChI=1S/C16H19ClO2/c1-10(2)7-15(18)14-9-16(19-11(14)3)12-5-4-6-13(17)8-12/h4-6,8-10,15,18H,7H2,1-3H3. The molecule has 0 fully saturated rings. The summed E-state index contributed by atoms with van der Waals surface area (Å²) in [4.78, 5) is 0. The van der Waals surface area contributed by atoms with Gasteiger partial charge in [0.2, 0.25) is 0 Å². The largest absolute Gasteiger partial charge is 0.461 e. The number of furan rings is 1. The number of aryl methyl sites for hydroxylation is 1. The number of hydrogen-bond donors (Lipinski definition) is 1. The van der Waals surface area contributed by atoms with E-state index in [4.69, 9.17) is 16.0 Å². The zero-order valence-electron chi connectivity index (χ0n) is 11.5. The van der Waals surface area contributed by atoms with Gasteiger partial charge in [-0.3, -0.25) is 0 Å². The van der Waals surface area contributed by atoms with Gasteiger partial charge in [-0.2, -0.15) is 0 Å². The van der Waals surface area contributed by atoms with Gasteiger partial charge in [-0.05, 0) is 37.5 Å². The highest BCUT2D eigenvalue weighted by atomic mass is 35.5. The van der Waals surface area contributed by atoms with Crippen LogP contribution in [0.25, 0.3) is 11.3 Å². The van der Waals surface area contributed by atoms with Crippen LogP contribution in [-0.4, -0.2) is 5.11 Å². The lowest BCUT2D eigenvalue weighted by atomic mass is 9.99. The number of hydrogen-bond acceptors (Lipinski definition) is 2. The minimum absolute atomic E-state index is 0.443. The van der Waals surface area contributed by atoms with Crippen LogP contribution in [-0.2, 0) is 0 Å². The van der Waals surface area contributed by atoms with E-state index in [-0.39, 0.29) is 0 Å². The molecule has 0 aliphatic rings. The lowest BCUT2D eigenvalue weighted by Gasteiger charge is -2.11. The zero-order valence-corrected chi connectivity index (χ0v) is 12.2. The average molecular weight is 279 g/mol. The first-order valence-electron chi connectivity index (χ1n) is 6.51. The van der Waals surface area contributed by atoms with Gasteiger partial charge in [0.05, 0.1) is 6.10 Å². The molecule has 1 aromatic heterocycles. The Balaban J connectivity index is 2.30. The third-order valence-corrected chi connectivity index (χ3v) is 3.35. The van der Waals surface area contributed by atoms with Crippen molar-refractivity contribution < 1.29 is 9.52 Å². The van der Waals surface area contributed by atoms with Gasteiger partial charge in [-0.25, -0.2) is 0 Å². The molecule has 0 aliphatic heterocycles. The second-order valence-corrected chi connectivity index (χ2v) is 5.71. The fourth-order valence-electron chi connectivity index (χ4n) is 2.18. The van der Waals surface area contributed by atoms with Crippen LogP contribution in [0.15, 0.2) is 34.7 Å². The van der Waals surface area contributed by atoms with Gasteiger partial charge in [0.15, 0.2) is 0 Å². The van der Waals surface area contributed by atoms with Crippen LogP contribution >= 0.6 is 11.6 Å². The Labute approximate surface area is 119 Å². The van der Waals surface area contributed by atoms with Gasteiger partial charge in [-0.15, -0.1) is 0 Å². The van der Waals surface area contributed by atoms with Crippen LogP contribution in [0.5, 0.6) is 0 Å². The molecule has 0 amide bonds. The Morgan fingerprint density at radius 2 is 2.00 bits per heavy atom. The Bertz CT molecular complexity index is 558. The fourth-order valence-corrected chi connectivity index (χ4v) is 2.37. The molecular weight excluding hydrogens is 260 g/mol. The van der Waals surface area contributed by atoms with E-state index in [0.29, 0.717) is 10.9 Å². The van der Waals surface area contributed by atoms with Crippen LogP contribution < -0.4 is 0 Å². The molecule has 0 bridgehead atoms. The number of aliphatic hydroxyl groups excluding tert-OH is 1. The maximum atomic E-state index is 10.2. The van der Waals surface area contributed by atoms with E-state index < -0.39 is 6.10 Å². The van der Waals surface area contributed by atoms with Crippen molar-refractivity contribution in [2.75, 3.05) is 0 Å². The number of aliphatic hydroxyl groups is 1. The number of benzene rings is 1. The molecule has 0 aliphatic carbocycles. The lowest BCUT2D eigenvalue weighted by molar-refractivity contribution is 0.149. The highest BCUT2D eigenvalue weighted by Crippen LogP contribution is 2.32. The summed E-state index contributed by atoms with van der Waals surface area (Å²) < 4.78 is 5.74. The summed E-state index contributed by atoms with van der Waals surface area (Å²) in [6, 6.07) is 9.43. The Hall–Kier alpha value is -1.25. The number of rotatable bonds is 4. The Kier molecular flexibility index (Phi) is 4.33. The molecule has 0 saturated heterocycles. The summed E-state index contributed by atoms with van der Waals surface area (Å²) in [5, 5.41) is 10.9. The predicted octanol–water partition coefficient (Wildman–Crippen LogP) is 4.99. The molecule has 0 saturated carbocycles. The molecule has 1 atom stereocenters. The topological polar surface area (TPSA) is 33.4 Å². The van der Waals surface area contributed by atoms with Gasteiger partial charge in [0.1, 0.15) is 11.5 Å². The van der Waals surface area contributed by atoms with E-state index in [1.54, 1.807) is 0 Å². The minimum Gasteiger partial charge on any atom is -0.461 e. The van der Waals surface area contributed by atoms with Crippen molar-refractivity contribution in [3.63, 3.8) is 0 Å². The second kappa shape index (κ2) is 5.81. The second-order valence-electron chi connectivity index (χ2n) is 5.28. The van der Waals surface area contributed by atoms with Crippen LogP contribution in [0.3, 0.4) is 0 Å². The van der Waals surface area contributed by atoms with Gasteiger partial charge in [0, 0.05) is 16.1 Å². The first kappa shape index (κ1) is 14.2. The smallest absolute Gasteiger partial charge is 0.134 e. The minimum atomic E-state index is -0.475. The lowest BCUT2D eigenvalue weighted by Crippen LogP contribution is -2.01. The SMILES string of the molecule is Cc1oc(-c2cccc(Cl)c2)cc1C(O)CC(C)C. The first-order chi connectivity index (χ1) is 8.97. The highest BCUT2D eigenvalue weighted by Gasteiger charge is 2.17. The molecule has 1 heterocycles. The predicted molar refractivity (Wildman–Crippen MR) is 78.3 cm³/mol.